The summed E-state index contributed by atoms with van der Waals surface area (Å²) in [5.41, 5.74) is -2.75. The number of carboxylic acid groups (broad SMARTS) is 1. The minimum Gasteiger partial charge on any atom is -0.480 e. The van der Waals surface area contributed by atoms with E-state index in [0.29, 0.717) is 0 Å². The van der Waals surface area contributed by atoms with Gasteiger partial charge < -0.3 is 10.4 Å². The van der Waals surface area contributed by atoms with Crippen LogP contribution in [0.2, 0.25) is 0 Å². The van der Waals surface area contributed by atoms with Gasteiger partial charge in [-0.25, -0.2) is 4.79 Å². The number of nitro benzene ring substituents is 2. The van der Waals surface area contributed by atoms with E-state index in [-0.39, 0.29) is 11.4 Å². The Balaban J connectivity index is 3.57. The third kappa shape index (κ3) is 3.49. The predicted octanol–water partition coefficient (Wildman–Crippen LogP) is 1.50. The maximum absolute atomic E-state index is 11.4. The molecule has 0 fully saturated rings. The highest BCUT2D eigenvalue weighted by Gasteiger charge is 2.35. The number of carbonyl (C=O) groups is 2. The summed E-state index contributed by atoms with van der Waals surface area (Å²) in [5.74, 6) is -2.25. The molecule has 22 heavy (non-hydrogen) atoms. The molecule has 0 aliphatic rings. The van der Waals surface area contributed by atoms with Crippen molar-refractivity contribution >= 4 is 41.4 Å². The van der Waals surface area contributed by atoms with Gasteiger partial charge in [0.05, 0.1) is 9.85 Å². The number of Topliss-reactive ketones (excluding diaryl/α,β-unsaturated/α-hetero) is 1. The van der Waals surface area contributed by atoms with Crippen LogP contribution in [0, 0.1) is 20.2 Å². The van der Waals surface area contributed by atoms with Crippen LogP contribution in [0.25, 0.3) is 0 Å². The third-order valence-electron chi connectivity index (χ3n) is 2.71. The summed E-state index contributed by atoms with van der Waals surface area (Å²) in [6.45, 7) is 1.03. The van der Waals surface area contributed by atoms with Crippen LogP contribution in [0.5, 0.6) is 0 Å². The highest BCUT2D eigenvalue weighted by molar-refractivity contribution is 7.80. The van der Waals surface area contributed by atoms with Gasteiger partial charge in [-0.15, -0.1) is 0 Å². The van der Waals surface area contributed by atoms with Crippen molar-refractivity contribution in [2.75, 3.05) is 11.1 Å². The molecule has 0 saturated carbocycles. The van der Waals surface area contributed by atoms with Crippen LogP contribution in [0.4, 0.5) is 17.1 Å². The number of hydrogen-bond acceptors (Lipinski definition) is 8. The molecule has 0 radical (unpaired) electrons. The fourth-order valence-electron chi connectivity index (χ4n) is 1.72. The Hall–Kier alpha value is -2.69. The number of rotatable bonds is 7. The van der Waals surface area contributed by atoms with Gasteiger partial charge in [0.2, 0.25) is 0 Å². The summed E-state index contributed by atoms with van der Waals surface area (Å²) in [7, 11) is 0. The molecule has 0 saturated heterocycles. The Morgan fingerprint density at radius 3 is 2.18 bits per heavy atom. The first-order valence-electron chi connectivity index (χ1n) is 5.77. The molecule has 11 heteroatoms. The van der Waals surface area contributed by atoms with Crippen LogP contribution in [0.1, 0.15) is 17.3 Å². The molecule has 0 amide bonds. The summed E-state index contributed by atoms with van der Waals surface area (Å²) in [4.78, 5) is 42.5. The minimum absolute atomic E-state index is 0.200. The number of nitrogens with one attached hydrogen (secondary N) is 1. The lowest BCUT2D eigenvalue weighted by atomic mass is 10.1. The van der Waals surface area contributed by atoms with Gasteiger partial charge in [0.15, 0.2) is 5.78 Å². The Morgan fingerprint density at radius 2 is 1.82 bits per heavy atom. The highest BCUT2D eigenvalue weighted by atomic mass is 32.1. The van der Waals surface area contributed by atoms with Gasteiger partial charge >= 0.3 is 17.3 Å². The molecule has 0 aliphatic heterocycles. The summed E-state index contributed by atoms with van der Waals surface area (Å²) in [6.07, 6.45) is 0. The number of nitro groups is 2. The van der Waals surface area contributed by atoms with E-state index in [4.69, 9.17) is 5.11 Å². The average molecular weight is 329 g/mol. The van der Waals surface area contributed by atoms with Crippen molar-refractivity contribution in [3.63, 3.8) is 0 Å². The Bertz CT molecular complexity index is 661. The van der Waals surface area contributed by atoms with Crippen molar-refractivity contribution in [3.05, 3.63) is 37.9 Å². The van der Waals surface area contributed by atoms with Crippen molar-refractivity contribution in [3.8, 4) is 0 Å². The molecule has 0 unspecified atom stereocenters. The molecule has 2 N–H and O–H groups in total. The van der Waals surface area contributed by atoms with Gasteiger partial charge in [0.25, 0.3) is 0 Å². The predicted molar refractivity (Wildman–Crippen MR) is 78.7 cm³/mol. The summed E-state index contributed by atoms with van der Waals surface area (Å²) in [5, 5.41) is 33.4. The van der Waals surface area contributed by atoms with Crippen LogP contribution in [-0.2, 0) is 4.79 Å². The number of nitrogens with zero attached hydrogens (tertiary/aromatic N) is 2. The Labute approximate surface area is 128 Å². The maximum Gasteiger partial charge on any atom is 0.369 e. The lowest BCUT2D eigenvalue weighted by Crippen LogP contribution is -2.31. The molecule has 1 aromatic carbocycles. The molecular weight excluding hydrogens is 318 g/mol. The van der Waals surface area contributed by atoms with Gasteiger partial charge in [-0.2, -0.15) is 12.6 Å². The SMILES string of the molecule is CC(=O)c1ccc(N[C@@H](CS)C(=O)O)c([N+](=O)[O-])c1[N+](=O)[O-]. The second-order valence-electron chi connectivity index (χ2n) is 4.15. The zero-order valence-electron chi connectivity index (χ0n) is 11.2. The molecular formula is C11H11N3O7S. The van der Waals surface area contributed by atoms with E-state index in [1.54, 1.807) is 0 Å². The van der Waals surface area contributed by atoms with Gasteiger partial charge in [-0.1, -0.05) is 0 Å². The molecule has 10 nitrogen and oxygen atoms in total. The van der Waals surface area contributed by atoms with E-state index in [1.165, 1.54) is 0 Å². The topological polar surface area (TPSA) is 153 Å². The monoisotopic (exact) mass is 329 g/mol. The van der Waals surface area contributed by atoms with Crippen molar-refractivity contribution in [1.29, 1.82) is 0 Å². The molecule has 0 heterocycles. The molecule has 1 aromatic rings. The average Bonchev–Trinajstić information content (AvgIpc) is 2.42. The van der Waals surface area contributed by atoms with Crippen LogP contribution in [-0.4, -0.2) is 38.5 Å². The molecule has 0 aliphatic carbocycles. The van der Waals surface area contributed by atoms with Gasteiger partial charge in [0, 0.05) is 5.75 Å². The summed E-state index contributed by atoms with van der Waals surface area (Å²) >= 11 is 3.79. The normalized spacial score (nSPS) is 11.5. The zero-order valence-corrected chi connectivity index (χ0v) is 12.1. The van der Waals surface area contributed by atoms with Crippen molar-refractivity contribution < 1.29 is 24.5 Å². The number of carbonyl (C=O) groups excluding carboxylic acids is 1. The van der Waals surface area contributed by atoms with Crippen LogP contribution < -0.4 is 5.32 Å². The zero-order chi connectivity index (χ0) is 17.0. The number of benzene rings is 1. The van der Waals surface area contributed by atoms with E-state index >= 15 is 0 Å². The summed E-state index contributed by atoms with van der Waals surface area (Å²) < 4.78 is 0. The van der Waals surface area contributed by atoms with Crippen LogP contribution in [0.15, 0.2) is 12.1 Å². The van der Waals surface area contributed by atoms with E-state index < -0.39 is 44.6 Å². The number of thiol groups is 1. The summed E-state index contributed by atoms with van der Waals surface area (Å²) in [6, 6.07) is 0.805. The Kier molecular flexibility index (Phi) is 5.40. The fourth-order valence-corrected chi connectivity index (χ4v) is 1.97. The Morgan fingerprint density at radius 1 is 1.27 bits per heavy atom. The van der Waals surface area contributed by atoms with E-state index in [0.717, 1.165) is 19.1 Å². The number of ketones is 1. The van der Waals surface area contributed by atoms with E-state index in [1.807, 2.05) is 0 Å². The second-order valence-corrected chi connectivity index (χ2v) is 4.51. The standard InChI is InChI=1S/C11H11N3O7S/c1-5(15)6-2-3-7(12-8(4-22)11(16)17)10(14(20)21)9(6)13(18)19/h2-3,8,12,22H,4H2,1H3,(H,16,17)/t8-/m0/s1. The highest BCUT2D eigenvalue weighted by Crippen LogP contribution is 2.38. The van der Waals surface area contributed by atoms with Crippen molar-refractivity contribution in [1.82, 2.24) is 0 Å². The van der Waals surface area contributed by atoms with Gasteiger partial charge in [-0.3, -0.25) is 25.0 Å². The minimum atomic E-state index is -1.33. The first-order valence-corrected chi connectivity index (χ1v) is 6.40. The molecule has 1 rings (SSSR count). The smallest absolute Gasteiger partial charge is 0.369 e. The number of hydrogen-bond donors (Lipinski definition) is 3. The molecule has 1 atom stereocenters. The molecule has 0 spiro atoms. The molecule has 0 bridgehead atoms. The number of aliphatic carboxylic acids is 1. The first kappa shape index (κ1) is 17.4. The largest absolute Gasteiger partial charge is 0.480 e. The quantitative estimate of drug-likeness (QED) is 0.294. The van der Waals surface area contributed by atoms with E-state index in [9.17, 15) is 29.8 Å². The second kappa shape index (κ2) is 6.85. The first-order chi connectivity index (χ1) is 10.2. The molecule has 0 aromatic heterocycles. The van der Waals surface area contributed by atoms with Crippen molar-refractivity contribution in [2.45, 2.75) is 13.0 Å². The number of carboxylic acids is 1. The van der Waals surface area contributed by atoms with Crippen molar-refractivity contribution in [2.24, 2.45) is 0 Å². The fraction of sp³-hybridized carbons (Fsp3) is 0.273. The van der Waals surface area contributed by atoms with E-state index in [2.05, 4.69) is 17.9 Å². The molecule has 118 valence electrons. The van der Waals surface area contributed by atoms with Gasteiger partial charge in [-0.05, 0) is 19.1 Å². The number of anilines is 1. The maximum atomic E-state index is 11.4. The lowest BCUT2D eigenvalue weighted by Gasteiger charge is -2.13. The van der Waals surface area contributed by atoms with Crippen LogP contribution >= 0.6 is 12.6 Å². The van der Waals surface area contributed by atoms with Crippen LogP contribution in [0.3, 0.4) is 0 Å². The third-order valence-corrected chi connectivity index (χ3v) is 3.07. The van der Waals surface area contributed by atoms with Gasteiger partial charge in [0.1, 0.15) is 17.3 Å². The lowest BCUT2D eigenvalue weighted by molar-refractivity contribution is -0.422.